The van der Waals surface area contributed by atoms with Crippen molar-refractivity contribution < 1.29 is 9.59 Å². The molecule has 114 valence electrons. The smallest absolute Gasteiger partial charge is 0.229 e. The molecule has 1 N–H and O–H groups in total. The molecule has 2 amide bonds. The Balaban J connectivity index is 2.01. The summed E-state index contributed by atoms with van der Waals surface area (Å²) in [4.78, 5) is 26.0. The standard InChI is InChI=1S/C15H18Cl2N2O2/c1-3-9(2)19-8-10(6-14(19)20)15(21)18-11-4-5-12(16)13(17)7-11/h4-5,7,9-10H,3,6,8H2,1-2H3,(H,18,21). The number of amides is 2. The van der Waals surface area contributed by atoms with Gasteiger partial charge in [-0.25, -0.2) is 0 Å². The lowest BCUT2D eigenvalue weighted by molar-refractivity contribution is -0.129. The van der Waals surface area contributed by atoms with Crippen molar-refractivity contribution in [3.8, 4) is 0 Å². The van der Waals surface area contributed by atoms with Crippen LogP contribution in [0.5, 0.6) is 0 Å². The van der Waals surface area contributed by atoms with Crippen LogP contribution in [0.2, 0.25) is 10.0 Å². The van der Waals surface area contributed by atoms with Crippen LogP contribution in [-0.4, -0.2) is 29.3 Å². The molecule has 0 aromatic heterocycles. The van der Waals surface area contributed by atoms with Crippen molar-refractivity contribution >= 4 is 40.7 Å². The monoisotopic (exact) mass is 328 g/mol. The van der Waals surface area contributed by atoms with Crippen molar-refractivity contribution in [2.75, 3.05) is 11.9 Å². The summed E-state index contributed by atoms with van der Waals surface area (Å²) in [5.74, 6) is -0.438. The summed E-state index contributed by atoms with van der Waals surface area (Å²) in [7, 11) is 0. The molecule has 1 aromatic rings. The lowest BCUT2D eigenvalue weighted by Crippen LogP contribution is -2.35. The summed E-state index contributed by atoms with van der Waals surface area (Å²) >= 11 is 11.8. The Morgan fingerprint density at radius 2 is 2.14 bits per heavy atom. The number of carbonyl (C=O) groups excluding carboxylic acids is 2. The number of likely N-dealkylation sites (tertiary alicyclic amines) is 1. The molecule has 0 spiro atoms. The largest absolute Gasteiger partial charge is 0.339 e. The van der Waals surface area contributed by atoms with Gasteiger partial charge in [-0.1, -0.05) is 30.1 Å². The molecule has 2 rings (SSSR count). The third-order valence-corrected chi connectivity index (χ3v) is 4.58. The van der Waals surface area contributed by atoms with E-state index < -0.39 is 0 Å². The molecular weight excluding hydrogens is 311 g/mol. The van der Waals surface area contributed by atoms with E-state index in [1.54, 1.807) is 23.1 Å². The van der Waals surface area contributed by atoms with Gasteiger partial charge in [0.2, 0.25) is 11.8 Å². The van der Waals surface area contributed by atoms with E-state index in [2.05, 4.69) is 5.32 Å². The van der Waals surface area contributed by atoms with Crippen LogP contribution >= 0.6 is 23.2 Å². The molecule has 0 radical (unpaired) electrons. The summed E-state index contributed by atoms with van der Waals surface area (Å²) in [6.07, 6.45) is 1.14. The molecule has 1 aliphatic heterocycles. The van der Waals surface area contributed by atoms with Crippen LogP contribution < -0.4 is 5.32 Å². The van der Waals surface area contributed by atoms with Gasteiger partial charge >= 0.3 is 0 Å². The van der Waals surface area contributed by atoms with Gasteiger partial charge in [-0.15, -0.1) is 0 Å². The first-order chi connectivity index (χ1) is 9.92. The average Bonchev–Trinajstić information content (AvgIpc) is 2.84. The highest BCUT2D eigenvalue weighted by atomic mass is 35.5. The van der Waals surface area contributed by atoms with Crippen molar-refractivity contribution in [2.24, 2.45) is 5.92 Å². The number of nitrogens with zero attached hydrogens (tertiary/aromatic N) is 1. The minimum atomic E-state index is -0.319. The highest BCUT2D eigenvalue weighted by Crippen LogP contribution is 2.27. The summed E-state index contributed by atoms with van der Waals surface area (Å²) in [5, 5.41) is 3.61. The van der Waals surface area contributed by atoms with Crippen LogP contribution in [-0.2, 0) is 9.59 Å². The zero-order valence-corrected chi connectivity index (χ0v) is 13.5. The first kappa shape index (κ1) is 16.1. The Hall–Kier alpha value is -1.26. The SMILES string of the molecule is CCC(C)N1CC(C(=O)Nc2ccc(Cl)c(Cl)c2)CC1=O. The minimum Gasteiger partial charge on any atom is -0.339 e. The Morgan fingerprint density at radius 3 is 2.76 bits per heavy atom. The average molecular weight is 329 g/mol. The van der Waals surface area contributed by atoms with Crippen molar-refractivity contribution in [1.82, 2.24) is 4.90 Å². The fourth-order valence-corrected chi connectivity index (χ4v) is 2.67. The van der Waals surface area contributed by atoms with Crippen molar-refractivity contribution in [3.05, 3.63) is 28.2 Å². The molecular formula is C15H18Cl2N2O2. The number of anilines is 1. The molecule has 1 heterocycles. The van der Waals surface area contributed by atoms with E-state index in [4.69, 9.17) is 23.2 Å². The Bertz CT molecular complexity index is 563. The van der Waals surface area contributed by atoms with E-state index in [9.17, 15) is 9.59 Å². The third-order valence-electron chi connectivity index (χ3n) is 3.84. The molecule has 1 aliphatic rings. The van der Waals surface area contributed by atoms with E-state index >= 15 is 0 Å². The molecule has 1 saturated heterocycles. The minimum absolute atomic E-state index is 0.0404. The normalized spacial score (nSPS) is 19.7. The van der Waals surface area contributed by atoms with E-state index in [0.717, 1.165) is 6.42 Å². The lowest BCUT2D eigenvalue weighted by Gasteiger charge is -2.23. The second kappa shape index (κ2) is 6.67. The first-order valence-corrected chi connectivity index (χ1v) is 7.73. The van der Waals surface area contributed by atoms with Crippen molar-refractivity contribution in [2.45, 2.75) is 32.7 Å². The van der Waals surface area contributed by atoms with Gasteiger partial charge in [-0.3, -0.25) is 9.59 Å². The fraction of sp³-hybridized carbons (Fsp3) is 0.467. The van der Waals surface area contributed by atoms with Gasteiger partial charge in [0, 0.05) is 24.7 Å². The molecule has 0 bridgehead atoms. The van der Waals surface area contributed by atoms with Crippen LogP contribution in [0.1, 0.15) is 26.7 Å². The van der Waals surface area contributed by atoms with Crippen molar-refractivity contribution in [3.63, 3.8) is 0 Å². The summed E-state index contributed by atoms with van der Waals surface area (Å²) in [6.45, 7) is 4.50. The number of benzene rings is 1. The number of rotatable bonds is 4. The lowest BCUT2D eigenvalue weighted by atomic mass is 10.1. The predicted molar refractivity (Wildman–Crippen MR) is 84.7 cm³/mol. The van der Waals surface area contributed by atoms with Crippen molar-refractivity contribution in [1.29, 1.82) is 0 Å². The summed E-state index contributed by atoms with van der Waals surface area (Å²) < 4.78 is 0. The Kier molecular flexibility index (Phi) is 5.12. The van der Waals surface area contributed by atoms with Gasteiger partial charge in [0.1, 0.15) is 0 Å². The second-order valence-corrected chi connectivity index (χ2v) is 6.14. The maximum Gasteiger partial charge on any atom is 0.229 e. The van der Waals surface area contributed by atoms with Crippen LogP contribution in [0.25, 0.3) is 0 Å². The van der Waals surface area contributed by atoms with Gasteiger partial charge in [-0.05, 0) is 31.5 Å². The number of hydrogen-bond acceptors (Lipinski definition) is 2. The maximum atomic E-state index is 12.2. The van der Waals surface area contributed by atoms with Crippen LogP contribution in [0.15, 0.2) is 18.2 Å². The molecule has 1 fully saturated rings. The molecule has 0 saturated carbocycles. The maximum absolute atomic E-state index is 12.2. The Labute approximate surface area is 134 Å². The molecule has 21 heavy (non-hydrogen) atoms. The highest BCUT2D eigenvalue weighted by Gasteiger charge is 2.36. The van der Waals surface area contributed by atoms with Crippen LogP contribution in [0, 0.1) is 5.92 Å². The van der Waals surface area contributed by atoms with Gasteiger partial charge in [0.05, 0.1) is 16.0 Å². The molecule has 0 aliphatic carbocycles. The zero-order valence-electron chi connectivity index (χ0n) is 12.0. The van der Waals surface area contributed by atoms with Crippen LogP contribution in [0.4, 0.5) is 5.69 Å². The topological polar surface area (TPSA) is 49.4 Å². The quantitative estimate of drug-likeness (QED) is 0.918. The second-order valence-electron chi connectivity index (χ2n) is 5.32. The van der Waals surface area contributed by atoms with Gasteiger partial charge in [-0.2, -0.15) is 0 Å². The first-order valence-electron chi connectivity index (χ1n) is 6.97. The molecule has 4 nitrogen and oxygen atoms in total. The number of carbonyl (C=O) groups is 2. The molecule has 2 unspecified atom stereocenters. The summed E-state index contributed by atoms with van der Waals surface area (Å²) in [5.41, 5.74) is 0.587. The Morgan fingerprint density at radius 1 is 1.43 bits per heavy atom. The number of halogens is 2. The van der Waals surface area contributed by atoms with E-state index in [0.29, 0.717) is 22.3 Å². The molecule has 6 heteroatoms. The predicted octanol–water partition coefficient (Wildman–Crippen LogP) is 3.58. The van der Waals surface area contributed by atoms with E-state index in [1.165, 1.54) is 0 Å². The number of hydrogen-bond donors (Lipinski definition) is 1. The van der Waals surface area contributed by atoms with Gasteiger partial charge in [0.15, 0.2) is 0 Å². The summed E-state index contributed by atoms with van der Waals surface area (Å²) in [6, 6.07) is 5.09. The van der Waals surface area contributed by atoms with E-state index in [-0.39, 0.29) is 30.2 Å². The van der Waals surface area contributed by atoms with E-state index in [1.807, 2.05) is 13.8 Å². The van der Waals surface area contributed by atoms with Gasteiger partial charge < -0.3 is 10.2 Å². The fourth-order valence-electron chi connectivity index (χ4n) is 2.37. The van der Waals surface area contributed by atoms with Gasteiger partial charge in [0.25, 0.3) is 0 Å². The third kappa shape index (κ3) is 3.69. The molecule has 2 atom stereocenters. The van der Waals surface area contributed by atoms with Crippen LogP contribution in [0.3, 0.4) is 0 Å². The molecule has 1 aromatic carbocycles. The highest BCUT2D eigenvalue weighted by molar-refractivity contribution is 6.42. The number of nitrogens with one attached hydrogen (secondary N) is 1. The zero-order chi connectivity index (χ0) is 15.6.